The van der Waals surface area contributed by atoms with Crippen LogP contribution in [0.5, 0.6) is 5.88 Å². The molecule has 1 aromatic heterocycles. The molecule has 7 heteroatoms. The van der Waals surface area contributed by atoms with Gasteiger partial charge in [0.15, 0.2) is 0 Å². The van der Waals surface area contributed by atoms with E-state index in [4.69, 9.17) is 21.1 Å². The lowest BCUT2D eigenvalue weighted by molar-refractivity contribution is -0.385. The van der Waals surface area contributed by atoms with Crippen LogP contribution in [0, 0.1) is 16.0 Å². The van der Waals surface area contributed by atoms with Gasteiger partial charge in [0, 0.05) is 12.5 Å². The Labute approximate surface area is 103 Å². The predicted octanol–water partition coefficient (Wildman–Crippen LogP) is 2.06. The average Bonchev–Trinajstić information content (AvgIpc) is 2.78. The molecule has 0 saturated carbocycles. The number of pyridine rings is 1. The highest BCUT2D eigenvalue weighted by Crippen LogP contribution is 2.23. The van der Waals surface area contributed by atoms with E-state index in [0.29, 0.717) is 19.1 Å². The molecule has 2 heterocycles. The molecule has 6 nitrogen and oxygen atoms in total. The van der Waals surface area contributed by atoms with Gasteiger partial charge >= 0.3 is 0 Å². The maximum absolute atomic E-state index is 10.6. The molecular formula is C10H11ClN2O4. The number of hydrogen-bond donors (Lipinski definition) is 0. The number of hydrogen-bond acceptors (Lipinski definition) is 5. The molecule has 2 rings (SSSR count). The van der Waals surface area contributed by atoms with Crippen LogP contribution in [-0.2, 0) is 4.74 Å². The summed E-state index contributed by atoms with van der Waals surface area (Å²) in [7, 11) is 0. The molecule has 0 amide bonds. The van der Waals surface area contributed by atoms with Crippen molar-refractivity contribution in [3.8, 4) is 5.88 Å². The van der Waals surface area contributed by atoms with Crippen molar-refractivity contribution in [3.05, 3.63) is 27.4 Å². The molecule has 92 valence electrons. The predicted molar refractivity (Wildman–Crippen MR) is 60.3 cm³/mol. The van der Waals surface area contributed by atoms with Crippen LogP contribution < -0.4 is 4.74 Å². The smallest absolute Gasteiger partial charge is 0.277 e. The Bertz CT molecular complexity index is 421. The topological polar surface area (TPSA) is 74.5 Å². The van der Waals surface area contributed by atoms with Crippen molar-refractivity contribution in [1.82, 2.24) is 4.98 Å². The van der Waals surface area contributed by atoms with Crippen molar-refractivity contribution >= 4 is 17.3 Å². The third-order valence-electron chi connectivity index (χ3n) is 2.46. The fraction of sp³-hybridized carbons (Fsp3) is 0.500. The van der Waals surface area contributed by atoms with Crippen molar-refractivity contribution in [2.75, 3.05) is 19.8 Å². The van der Waals surface area contributed by atoms with Gasteiger partial charge in [0.1, 0.15) is 5.15 Å². The molecule has 1 atom stereocenters. The Morgan fingerprint density at radius 2 is 2.47 bits per heavy atom. The highest BCUT2D eigenvalue weighted by atomic mass is 35.5. The van der Waals surface area contributed by atoms with Gasteiger partial charge in [0.05, 0.1) is 30.3 Å². The highest BCUT2D eigenvalue weighted by Gasteiger charge is 2.17. The molecule has 0 spiro atoms. The van der Waals surface area contributed by atoms with Gasteiger partial charge in [-0.1, -0.05) is 11.6 Å². The number of rotatable bonds is 4. The number of ether oxygens (including phenoxy) is 2. The van der Waals surface area contributed by atoms with Gasteiger partial charge in [-0.05, 0) is 6.42 Å². The van der Waals surface area contributed by atoms with Crippen molar-refractivity contribution in [2.24, 2.45) is 5.92 Å². The minimum atomic E-state index is -0.529. The molecule has 0 aliphatic carbocycles. The molecule has 1 fully saturated rings. The Balaban J connectivity index is 2.01. The number of aromatic nitrogens is 1. The summed E-state index contributed by atoms with van der Waals surface area (Å²) in [6, 6.07) is 2.45. The summed E-state index contributed by atoms with van der Waals surface area (Å²) in [5, 5.41) is 10.7. The zero-order valence-corrected chi connectivity index (χ0v) is 9.72. The molecule has 0 bridgehead atoms. The molecule has 1 aliphatic heterocycles. The van der Waals surface area contributed by atoms with Gasteiger partial charge < -0.3 is 9.47 Å². The average molecular weight is 259 g/mol. The summed E-state index contributed by atoms with van der Waals surface area (Å²) in [5.41, 5.74) is -0.123. The summed E-state index contributed by atoms with van der Waals surface area (Å²) in [6.45, 7) is 1.82. The van der Waals surface area contributed by atoms with E-state index in [9.17, 15) is 10.1 Å². The Morgan fingerprint density at radius 1 is 1.65 bits per heavy atom. The lowest BCUT2D eigenvalue weighted by Crippen LogP contribution is -2.12. The highest BCUT2D eigenvalue weighted by molar-refractivity contribution is 6.29. The first-order valence-electron chi connectivity index (χ1n) is 5.17. The third-order valence-corrected chi connectivity index (χ3v) is 2.65. The monoisotopic (exact) mass is 258 g/mol. The third kappa shape index (κ3) is 3.28. The van der Waals surface area contributed by atoms with Gasteiger partial charge in [0.2, 0.25) is 5.88 Å². The lowest BCUT2D eigenvalue weighted by Gasteiger charge is -2.09. The molecule has 0 aromatic carbocycles. The molecule has 0 N–H and O–H groups in total. The first kappa shape index (κ1) is 12.1. The van der Waals surface area contributed by atoms with E-state index in [-0.39, 0.29) is 16.7 Å². The fourth-order valence-electron chi connectivity index (χ4n) is 1.56. The van der Waals surface area contributed by atoms with Crippen LogP contribution in [0.3, 0.4) is 0 Å². The number of halogens is 1. The zero-order chi connectivity index (χ0) is 12.3. The fourth-order valence-corrected chi connectivity index (χ4v) is 1.75. The van der Waals surface area contributed by atoms with Crippen LogP contribution in [-0.4, -0.2) is 29.7 Å². The second-order valence-corrected chi connectivity index (χ2v) is 4.17. The van der Waals surface area contributed by atoms with E-state index >= 15 is 0 Å². The van der Waals surface area contributed by atoms with Crippen LogP contribution in [0.1, 0.15) is 6.42 Å². The van der Waals surface area contributed by atoms with Crippen molar-refractivity contribution in [1.29, 1.82) is 0 Å². The van der Waals surface area contributed by atoms with Gasteiger partial charge in [-0.25, -0.2) is 4.98 Å². The number of nitro groups is 1. The van der Waals surface area contributed by atoms with Crippen molar-refractivity contribution in [3.63, 3.8) is 0 Å². The minimum Gasteiger partial charge on any atom is -0.477 e. The van der Waals surface area contributed by atoms with Crippen molar-refractivity contribution < 1.29 is 14.4 Å². The summed E-state index contributed by atoms with van der Waals surface area (Å²) in [4.78, 5) is 14.0. The summed E-state index contributed by atoms with van der Waals surface area (Å²) >= 11 is 5.67. The first-order chi connectivity index (χ1) is 8.15. The van der Waals surface area contributed by atoms with E-state index in [1.54, 1.807) is 0 Å². The second kappa shape index (κ2) is 5.29. The van der Waals surface area contributed by atoms with E-state index in [1.165, 1.54) is 12.1 Å². The molecule has 1 aromatic rings. The van der Waals surface area contributed by atoms with Crippen LogP contribution >= 0.6 is 11.6 Å². The van der Waals surface area contributed by atoms with Gasteiger partial charge in [-0.2, -0.15) is 0 Å². The maximum atomic E-state index is 10.6. The van der Waals surface area contributed by atoms with E-state index < -0.39 is 4.92 Å². The Hall–Kier alpha value is -1.40. The van der Waals surface area contributed by atoms with Crippen LogP contribution in [0.15, 0.2) is 12.1 Å². The maximum Gasteiger partial charge on any atom is 0.277 e. The first-order valence-corrected chi connectivity index (χ1v) is 5.55. The standard InChI is InChI=1S/C10H11ClN2O4/c11-9-3-8(13(14)15)4-10(12-9)17-6-7-1-2-16-5-7/h3-4,7H,1-2,5-6H2. The Morgan fingerprint density at radius 3 is 3.12 bits per heavy atom. The molecule has 0 radical (unpaired) electrons. The summed E-state index contributed by atoms with van der Waals surface area (Å²) in [5.74, 6) is 0.492. The molecule has 1 unspecified atom stereocenters. The van der Waals surface area contributed by atoms with E-state index in [1.807, 2.05) is 0 Å². The molecular weight excluding hydrogens is 248 g/mol. The Kier molecular flexibility index (Phi) is 3.75. The zero-order valence-electron chi connectivity index (χ0n) is 8.97. The summed E-state index contributed by atoms with van der Waals surface area (Å²) in [6.07, 6.45) is 0.933. The largest absolute Gasteiger partial charge is 0.477 e. The molecule has 17 heavy (non-hydrogen) atoms. The van der Waals surface area contributed by atoms with Crippen LogP contribution in [0.25, 0.3) is 0 Å². The molecule has 1 saturated heterocycles. The van der Waals surface area contributed by atoms with Gasteiger partial charge in [-0.15, -0.1) is 0 Å². The minimum absolute atomic E-state index is 0.0527. The van der Waals surface area contributed by atoms with E-state index in [0.717, 1.165) is 13.0 Å². The van der Waals surface area contributed by atoms with Gasteiger partial charge in [-0.3, -0.25) is 10.1 Å². The van der Waals surface area contributed by atoms with Crippen LogP contribution in [0.4, 0.5) is 5.69 Å². The number of nitrogens with zero attached hydrogens (tertiary/aromatic N) is 2. The van der Waals surface area contributed by atoms with Crippen molar-refractivity contribution in [2.45, 2.75) is 6.42 Å². The quantitative estimate of drug-likeness (QED) is 0.469. The summed E-state index contributed by atoms with van der Waals surface area (Å²) < 4.78 is 10.6. The van der Waals surface area contributed by atoms with Crippen LogP contribution in [0.2, 0.25) is 5.15 Å². The molecule has 1 aliphatic rings. The normalized spacial score (nSPS) is 19.2. The van der Waals surface area contributed by atoms with Gasteiger partial charge in [0.25, 0.3) is 5.69 Å². The lowest BCUT2D eigenvalue weighted by atomic mass is 10.1. The SMILES string of the molecule is O=[N+]([O-])c1cc(Cl)nc(OCC2CCOC2)c1. The second-order valence-electron chi connectivity index (χ2n) is 3.78. The van der Waals surface area contributed by atoms with E-state index in [2.05, 4.69) is 4.98 Å².